The first kappa shape index (κ1) is 11.9. The van der Waals surface area contributed by atoms with E-state index in [1.54, 1.807) is 12.4 Å². The standard InChI is InChI=1S/C14H9BrN4/c15-12-4-1-5-13-18-14(10-3-2-8-17-9-10)11(6-7-16)19(12)13/h1-5,8-9H,6H2. The van der Waals surface area contributed by atoms with Crippen molar-refractivity contribution in [3.63, 3.8) is 0 Å². The van der Waals surface area contributed by atoms with Crippen molar-refractivity contribution < 1.29 is 0 Å². The first-order valence-corrected chi connectivity index (χ1v) is 6.54. The molecular formula is C14H9BrN4. The highest BCUT2D eigenvalue weighted by atomic mass is 79.9. The molecular weight excluding hydrogens is 304 g/mol. The van der Waals surface area contributed by atoms with Gasteiger partial charge in [-0.05, 0) is 40.2 Å². The molecule has 3 aromatic rings. The van der Waals surface area contributed by atoms with Gasteiger partial charge in [-0.15, -0.1) is 0 Å². The second-order valence-electron chi connectivity index (χ2n) is 4.03. The molecule has 19 heavy (non-hydrogen) atoms. The number of hydrogen-bond donors (Lipinski definition) is 0. The molecule has 0 spiro atoms. The molecule has 0 saturated heterocycles. The second kappa shape index (κ2) is 4.82. The van der Waals surface area contributed by atoms with E-state index >= 15 is 0 Å². The summed E-state index contributed by atoms with van der Waals surface area (Å²) in [5, 5.41) is 9.04. The van der Waals surface area contributed by atoms with Crippen molar-refractivity contribution in [1.29, 1.82) is 5.26 Å². The minimum absolute atomic E-state index is 0.300. The highest BCUT2D eigenvalue weighted by molar-refractivity contribution is 9.10. The van der Waals surface area contributed by atoms with Gasteiger partial charge < -0.3 is 0 Å². The predicted molar refractivity (Wildman–Crippen MR) is 75.4 cm³/mol. The van der Waals surface area contributed by atoms with Crippen LogP contribution in [-0.4, -0.2) is 14.4 Å². The minimum Gasteiger partial charge on any atom is -0.289 e. The van der Waals surface area contributed by atoms with Gasteiger partial charge in [-0.3, -0.25) is 9.38 Å². The van der Waals surface area contributed by atoms with Crippen LogP contribution >= 0.6 is 15.9 Å². The van der Waals surface area contributed by atoms with E-state index in [0.717, 1.165) is 27.2 Å². The summed E-state index contributed by atoms with van der Waals surface area (Å²) in [6.45, 7) is 0. The summed E-state index contributed by atoms with van der Waals surface area (Å²) in [6.07, 6.45) is 3.78. The van der Waals surface area contributed by atoms with E-state index in [4.69, 9.17) is 5.26 Å². The summed E-state index contributed by atoms with van der Waals surface area (Å²) in [5.41, 5.74) is 3.42. The summed E-state index contributed by atoms with van der Waals surface area (Å²) < 4.78 is 2.84. The van der Waals surface area contributed by atoms with E-state index in [-0.39, 0.29) is 0 Å². The van der Waals surface area contributed by atoms with Gasteiger partial charge in [0.1, 0.15) is 5.65 Å². The molecule has 3 aromatic heterocycles. The fourth-order valence-electron chi connectivity index (χ4n) is 2.08. The molecule has 0 N–H and O–H groups in total. The van der Waals surface area contributed by atoms with Gasteiger partial charge in [0.15, 0.2) is 0 Å². The lowest BCUT2D eigenvalue weighted by Crippen LogP contribution is -1.95. The van der Waals surface area contributed by atoms with Crippen molar-refractivity contribution >= 4 is 21.6 Å². The molecule has 0 aliphatic rings. The Bertz CT molecular complexity index is 771. The van der Waals surface area contributed by atoms with Gasteiger partial charge in [-0.25, -0.2) is 4.98 Å². The Labute approximate surface area is 118 Å². The molecule has 4 nitrogen and oxygen atoms in total. The van der Waals surface area contributed by atoms with Crippen LogP contribution in [0.3, 0.4) is 0 Å². The second-order valence-corrected chi connectivity index (χ2v) is 4.84. The van der Waals surface area contributed by atoms with Crippen LogP contribution in [0.15, 0.2) is 47.3 Å². The van der Waals surface area contributed by atoms with Gasteiger partial charge >= 0.3 is 0 Å². The molecule has 0 radical (unpaired) electrons. The normalized spacial score (nSPS) is 10.5. The Kier molecular flexibility index (Phi) is 3.02. The zero-order valence-corrected chi connectivity index (χ0v) is 11.5. The zero-order valence-electron chi connectivity index (χ0n) is 9.92. The maximum absolute atomic E-state index is 9.04. The molecule has 0 fully saturated rings. The highest BCUT2D eigenvalue weighted by Gasteiger charge is 2.15. The lowest BCUT2D eigenvalue weighted by Gasteiger charge is -2.02. The summed E-state index contributed by atoms with van der Waals surface area (Å²) in [4.78, 5) is 8.72. The summed E-state index contributed by atoms with van der Waals surface area (Å²) in [7, 11) is 0. The van der Waals surface area contributed by atoms with Crippen molar-refractivity contribution in [2.24, 2.45) is 0 Å². The number of halogens is 1. The Morgan fingerprint density at radius 3 is 2.89 bits per heavy atom. The van der Waals surface area contributed by atoms with E-state index in [1.807, 2.05) is 34.7 Å². The van der Waals surface area contributed by atoms with Crippen molar-refractivity contribution in [3.8, 4) is 17.3 Å². The molecule has 0 aliphatic heterocycles. The number of hydrogen-bond acceptors (Lipinski definition) is 3. The molecule has 0 atom stereocenters. The SMILES string of the molecule is N#CCc1c(-c2cccnc2)nc2cccc(Br)n12. The third kappa shape index (κ3) is 2.00. The first-order valence-electron chi connectivity index (χ1n) is 5.74. The number of aromatic nitrogens is 3. The molecule has 0 aliphatic carbocycles. The fourth-order valence-corrected chi connectivity index (χ4v) is 2.63. The molecule has 0 unspecified atom stereocenters. The van der Waals surface area contributed by atoms with Crippen molar-refractivity contribution in [3.05, 3.63) is 53.0 Å². The Morgan fingerprint density at radius 1 is 1.26 bits per heavy atom. The van der Waals surface area contributed by atoms with Crippen molar-refractivity contribution in [2.75, 3.05) is 0 Å². The van der Waals surface area contributed by atoms with Crippen LogP contribution in [0.4, 0.5) is 0 Å². The average Bonchev–Trinajstić information content (AvgIpc) is 2.81. The molecule has 0 aromatic carbocycles. The molecule has 3 rings (SSSR count). The maximum atomic E-state index is 9.04. The summed E-state index contributed by atoms with van der Waals surface area (Å²) >= 11 is 3.50. The third-order valence-corrected chi connectivity index (χ3v) is 3.49. The topological polar surface area (TPSA) is 54.0 Å². The van der Waals surface area contributed by atoms with Crippen LogP contribution in [0, 0.1) is 11.3 Å². The van der Waals surface area contributed by atoms with Gasteiger partial charge in [0.2, 0.25) is 0 Å². The highest BCUT2D eigenvalue weighted by Crippen LogP contribution is 2.26. The number of nitriles is 1. The molecule has 92 valence electrons. The molecule has 3 heterocycles. The van der Waals surface area contributed by atoms with Crippen molar-refractivity contribution in [1.82, 2.24) is 14.4 Å². The third-order valence-electron chi connectivity index (χ3n) is 2.87. The number of fused-ring (bicyclic) bond motifs is 1. The van der Waals surface area contributed by atoms with Crippen LogP contribution in [0.5, 0.6) is 0 Å². The van der Waals surface area contributed by atoms with E-state index in [0.29, 0.717) is 6.42 Å². The van der Waals surface area contributed by atoms with Gasteiger partial charge in [-0.1, -0.05) is 6.07 Å². The number of pyridine rings is 2. The number of imidazole rings is 1. The zero-order chi connectivity index (χ0) is 13.2. The number of rotatable bonds is 2. The van der Waals surface area contributed by atoms with Gasteiger partial charge in [-0.2, -0.15) is 5.26 Å². The lowest BCUT2D eigenvalue weighted by molar-refractivity contribution is 1.03. The quantitative estimate of drug-likeness (QED) is 0.683. The Hall–Kier alpha value is -2.19. The smallest absolute Gasteiger partial charge is 0.138 e. The predicted octanol–water partition coefficient (Wildman–Crippen LogP) is 3.22. The summed E-state index contributed by atoms with van der Waals surface area (Å²) in [6, 6.07) is 11.8. The van der Waals surface area contributed by atoms with Crippen LogP contribution in [-0.2, 0) is 6.42 Å². The Morgan fingerprint density at radius 2 is 2.16 bits per heavy atom. The van der Waals surface area contributed by atoms with E-state index < -0.39 is 0 Å². The molecule has 0 saturated carbocycles. The van der Waals surface area contributed by atoms with E-state index in [9.17, 15) is 0 Å². The fraction of sp³-hybridized carbons (Fsp3) is 0.0714. The van der Waals surface area contributed by atoms with Crippen molar-refractivity contribution in [2.45, 2.75) is 6.42 Å². The van der Waals surface area contributed by atoms with Crippen LogP contribution in [0.1, 0.15) is 5.69 Å². The van der Waals surface area contributed by atoms with Crippen LogP contribution in [0.25, 0.3) is 16.9 Å². The monoisotopic (exact) mass is 312 g/mol. The van der Waals surface area contributed by atoms with Gasteiger partial charge in [0.25, 0.3) is 0 Å². The first-order chi connectivity index (χ1) is 9.31. The lowest BCUT2D eigenvalue weighted by atomic mass is 10.1. The Balaban J connectivity index is 2.34. The summed E-state index contributed by atoms with van der Waals surface area (Å²) in [5.74, 6) is 0. The largest absolute Gasteiger partial charge is 0.289 e. The van der Waals surface area contributed by atoms with E-state index in [2.05, 4.69) is 32.0 Å². The van der Waals surface area contributed by atoms with E-state index in [1.165, 1.54) is 0 Å². The van der Waals surface area contributed by atoms with Crippen LogP contribution < -0.4 is 0 Å². The minimum atomic E-state index is 0.300. The number of nitrogens with zero attached hydrogens (tertiary/aromatic N) is 4. The van der Waals surface area contributed by atoms with Gasteiger partial charge in [0.05, 0.1) is 28.5 Å². The van der Waals surface area contributed by atoms with Gasteiger partial charge in [0, 0.05) is 18.0 Å². The molecule has 5 heteroatoms. The maximum Gasteiger partial charge on any atom is 0.138 e. The van der Waals surface area contributed by atoms with Crippen LogP contribution in [0.2, 0.25) is 0 Å². The average molecular weight is 313 g/mol. The molecule has 0 amide bonds. The molecule has 0 bridgehead atoms.